The van der Waals surface area contributed by atoms with Gasteiger partial charge in [-0.05, 0) is 18.2 Å². The molecule has 60 valence electrons. The SMILES string of the molecule is Cn1nc2ccc(C=O)cc2n1. The lowest BCUT2D eigenvalue weighted by Gasteiger charge is -1.86. The van der Waals surface area contributed by atoms with Crippen LogP contribution in [0.3, 0.4) is 0 Å². The monoisotopic (exact) mass is 161 g/mol. The minimum Gasteiger partial charge on any atom is -0.298 e. The summed E-state index contributed by atoms with van der Waals surface area (Å²) in [5.74, 6) is 0. The van der Waals surface area contributed by atoms with Gasteiger partial charge in [-0.1, -0.05) is 0 Å². The number of aryl methyl sites for hydroxylation is 1. The number of fused-ring (bicyclic) bond motifs is 1. The summed E-state index contributed by atoms with van der Waals surface area (Å²) in [5, 5.41) is 8.15. The van der Waals surface area contributed by atoms with Crippen molar-refractivity contribution in [1.82, 2.24) is 15.0 Å². The molecule has 0 amide bonds. The molecule has 0 saturated heterocycles. The second kappa shape index (κ2) is 2.41. The first kappa shape index (κ1) is 6.97. The molecule has 0 unspecified atom stereocenters. The molecule has 0 N–H and O–H groups in total. The van der Waals surface area contributed by atoms with E-state index in [1.807, 2.05) is 0 Å². The fourth-order valence-electron chi connectivity index (χ4n) is 1.11. The van der Waals surface area contributed by atoms with Crippen LogP contribution in [0.15, 0.2) is 18.2 Å². The molecule has 4 nitrogen and oxygen atoms in total. The molecule has 4 heteroatoms. The molecule has 0 radical (unpaired) electrons. The number of benzene rings is 1. The molecule has 1 heterocycles. The highest BCUT2D eigenvalue weighted by Gasteiger charge is 1.99. The van der Waals surface area contributed by atoms with Crippen molar-refractivity contribution in [2.45, 2.75) is 0 Å². The molecule has 0 spiro atoms. The largest absolute Gasteiger partial charge is 0.298 e. The van der Waals surface area contributed by atoms with Crippen LogP contribution in [0, 0.1) is 0 Å². The lowest BCUT2D eigenvalue weighted by Crippen LogP contribution is -1.90. The first-order valence-electron chi connectivity index (χ1n) is 3.56. The molecule has 0 atom stereocenters. The van der Waals surface area contributed by atoms with Crippen LogP contribution in [-0.4, -0.2) is 21.3 Å². The number of nitrogens with zero attached hydrogens (tertiary/aromatic N) is 3. The highest BCUT2D eigenvalue weighted by molar-refractivity contribution is 5.84. The average molecular weight is 161 g/mol. The van der Waals surface area contributed by atoms with Gasteiger partial charge < -0.3 is 0 Å². The first-order chi connectivity index (χ1) is 5.79. The van der Waals surface area contributed by atoms with E-state index in [4.69, 9.17) is 0 Å². The summed E-state index contributed by atoms with van der Waals surface area (Å²) in [6.45, 7) is 0. The Morgan fingerprint density at radius 1 is 1.33 bits per heavy atom. The average Bonchev–Trinajstić information content (AvgIpc) is 2.43. The van der Waals surface area contributed by atoms with E-state index in [0.29, 0.717) is 5.56 Å². The summed E-state index contributed by atoms with van der Waals surface area (Å²) in [6.07, 6.45) is 0.800. The van der Waals surface area contributed by atoms with Crippen LogP contribution in [0.5, 0.6) is 0 Å². The fourth-order valence-corrected chi connectivity index (χ4v) is 1.11. The topological polar surface area (TPSA) is 47.8 Å². The zero-order valence-corrected chi connectivity index (χ0v) is 6.56. The number of hydrogen-bond donors (Lipinski definition) is 0. The van der Waals surface area contributed by atoms with E-state index in [1.165, 1.54) is 4.80 Å². The molecule has 1 aromatic heterocycles. The zero-order valence-electron chi connectivity index (χ0n) is 6.56. The molecular formula is C8H7N3O. The van der Waals surface area contributed by atoms with Gasteiger partial charge >= 0.3 is 0 Å². The first-order valence-corrected chi connectivity index (χ1v) is 3.56. The molecule has 0 bridgehead atoms. The molecule has 1 aromatic carbocycles. The summed E-state index contributed by atoms with van der Waals surface area (Å²) >= 11 is 0. The number of aromatic nitrogens is 3. The van der Waals surface area contributed by atoms with Crippen molar-refractivity contribution < 1.29 is 4.79 Å². The number of rotatable bonds is 1. The van der Waals surface area contributed by atoms with Crippen molar-refractivity contribution in [3.8, 4) is 0 Å². The Labute approximate surface area is 68.8 Å². The Morgan fingerprint density at radius 3 is 2.83 bits per heavy atom. The van der Waals surface area contributed by atoms with Crippen molar-refractivity contribution in [3.63, 3.8) is 0 Å². The van der Waals surface area contributed by atoms with Crippen molar-refractivity contribution in [2.75, 3.05) is 0 Å². The van der Waals surface area contributed by atoms with Crippen LogP contribution < -0.4 is 0 Å². The number of carbonyl (C=O) groups is 1. The Morgan fingerprint density at radius 2 is 2.08 bits per heavy atom. The molecule has 2 aromatic rings. The molecule has 0 saturated carbocycles. The van der Waals surface area contributed by atoms with Gasteiger partial charge in [0, 0.05) is 12.6 Å². The maximum absolute atomic E-state index is 10.4. The van der Waals surface area contributed by atoms with E-state index in [1.54, 1.807) is 25.2 Å². The number of aldehydes is 1. The lowest BCUT2D eigenvalue weighted by molar-refractivity contribution is 0.112. The molecule has 0 aliphatic heterocycles. The zero-order chi connectivity index (χ0) is 8.55. The molecule has 12 heavy (non-hydrogen) atoms. The smallest absolute Gasteiger partial charge is 0.150 e. The molecule has 0 aliphatic carbocycles. The van der Waals surface area contributed by atoms with Gasteiger partial charge in [0.05, 0.1) is 0 Å². The van der Waals surface area contributed by atoms with Crippen LogP contribution in [0.25, 0.3) is 11.0 Å². The van der Waals surface area contributed by atoms with E-state index >= 15 is 0 Å². The lowest BCUT2D eigenvalue weighted by atomic mass is 10.2. The highest BCUT2D eigenvalue weighted by atomic mass is 16.1. The van der Waals surface area contributed by atoms with Crippen molar-refractivity contribution in [2.24, 2.45) is 7.05 Å². The van der Waals surface area contributed by atoms with Crippen LogP contribution in [0.1, 0.15) is 10.4 Å². The van der Waals surface area contributed by atoms with Gasteiger partial charge in [-0.15, -0.1) is 0 Å². The van der Waals surface area contributed by atoms with E-state index in [9.17, 15) is 4.79 Å². The standard InChI is InChI=1S/C8H7N3O/c1-11-9-7-3-2-6(5-12)4-8(7)10-11/h2-5H,1H3. The predicted molar refractivity (Wildman–Crippen MR) is 43.9 cm³/mol. The summed E-state index contributed by atoms with van der Waals surface area (Å²) in [7, 11) is 1.75. The van der Waals surface area contributed by atoms with Crippen molar-refractivity contribution in [1.29, 1.82) is 0 Å². The molecular weight excluding hydrogens is 154 g/mol. The summed E-state index contributed by atoms with van der Waals surface area (Å²) in [5.41, 5.74) is 2.19. The summed E-state index contributed by atoms with van der Waals surface area (Å²) in [6, 6.07) is 5.23. The second-order valence-corrected chi connectivity index (χ2v) is 2.56. The van der Waals surface area contributed by atoms with Gasteiger partial charge in [0.15, 0.2) is 0 Å². The minimum atomic E-state index is 0.628. The van der Waals surface area contributed by atoms with Crippen LogP contribution in [0.2, 0.25) is 0 Å². The normalized spacial score (nSPS) is 10.4. The Bertz CT molecular complexity index is 433. The minimum absolute atomic E-state index is 0.628. The van der Waals surface area contributed by atoms with Gasteiger partial charge in [-0.25, -0.2) is 0 Å². The predicted octanol–water partition coefficient (Wildman–Crippen LogP) is 0.781. The van der Waals surface area contributed by atoms with Crippen LogP contribution in [-0.2, 0) is 7.05 Å². The third-order valence-electron chi connectivity index (χ3n) is 1.64. The summed E-state index contributed by atoms with van der Waals surface area (Å²) < 4.78 is 0. The van der Waals surface area contributed by atoms with Crippen molar-refractivity contribution >= 4 is 17.3 Å². The maximum Gasteiger partial charge on any atom is 0.150 e. The number of carbonyl (C=O) groups excluding carboxylic acids is 1. The van der Waals surface area contributed by atoms with Gasteiger partial charge in [0.25, 0.3) is 0 Å². The molecule has 0 fully saturated rings. The fraction of sp³-hybridized carbons (Fsp3) is 0.125. The number of hydrogen-bond acceptors (Lipinski definition) is 3. The maximum atomic E-state index is 10.4. The van der Waals surface area contributed by atoms with Gasteiger partial charge in [-0.2, -0.15) is 15.0 Å². The van der Waals surface area contributed by atoms with Crippen LogP contribution >= 0.6 is 0 Å². The molecule has 0 aliphatic rings. The molecule has 2 rings (SSSR count). The second-order valence-electron chi connectivity index (χ2n) is 2.56. The van der Waals surface area contributed by atoms with Gasteiger partial charge in [0.2, 0.25) is 0 Å². The van der Waals surface area contributed by atoms with E-state index in [2.05, 4.69) is 10.2 Å². The summed E-state index contributed by atoms with van der Waals surface area (Å²) in [4.78, 5) is 11.9. The van der Waals surface area contributed by atoms with E-state index in [0.717, 1.165) is 17.3 Å². The Kier molecular flexibility index (Phi) is 1.40. The third kappa shape index (κ3) is 0.972. The van der Waals surface area contributed by atoms with Crippen molar-refractivity contribution in [3.05, 3.63) is 23.8 Å². The van der Waals surface area contributed by atoms with Gasteiger partial charge in [-0.3, -0.25) is 4.79 Å². The van der Waals surface area contributed by atoms with Crippen LogP contribution in [0.4, 0.5) is 0 Å². The van der Waals surface area contributed by atoms with Gasteiger partial charge in [0.1, 0.15) is 17.3 Å². The van der Waals surface area contributed by atoms with E-state index < -0.39 is 0 Å². The van der Waals surface area contributed by atoms with E-state index in [-0.39, 0.29) is 0 Å². The Hall–Kier alpha value is -1.71. The highest BCUT2D eigenvalue weighted by Crippen LogP contribution is 2.09. The third-order valence-corrected chi connectivity index (χ3v) is 1.64. The quantitative estimate of drug-likeness (QED) is 0.580. The Balaban J connectivity index is 2.74.